The van der Waals surface area contributed by atoms with Gasteiger partial charge in [0.1, 0.15) is 11.3 Å². The molecule has 4 nitrogen and oxygen atoms in total. The second-order valence-corrected chi connectivity index (χ2v) is 6.58. The number of anilines is 1. The summed E-state index contributed by atoms with van der Waals surface area (Å²) in [6.07, 6.45) is 0. The summed E-state index contributed by atoms with van der Waals surface area (Å²) in [6.45, 7) is 1.89. The molecule has 0 saturated carbocycles. The van der Waals surface area contributed by atoms with E-state index in [1.54, 1.807) is 42.5 Å². The molecule has 4 rings (SSSR count). The lowest BCUT2D eigenvalue weighted by molar-refractivity contribution is 0.102. The standard InChI is InChI=1S/C21H14ClFN2O2/c1-12-2-8-16(11-18(12)22)24-21(26)14-5-9-19-17(10-14)20(27-25-19)13-3-6-15(23)7-4-13/h2-11H,1H3,(H,24,26). The number of fused-ring (bicyclic) bond motifs is 1. The van der Waals surface area contributed by atoms with Gasteiger partial charge in [-0.05, 0) is 67.1 Å². The van der Waals surface area contributed by atoms with Gasteiger partial charge < -0.3 is 9.84 Å². The van der Waals surface area contributed by atoms with Crippen LogP contribution in [0, 0.1) is 12.7 Å². The normalized spacial score (nSPS) is 10.9. The zero-order valence-electron chi connectivity index (χ0n) is 14.3. The van der Waals surface area contributed by atoms with Crippen molar-refractivity contribution in [1.82, 2.24) is 5.16 Å². The molecule has 0 aliphatic heterocycles. The monoisotopic (exact) mass is 380 g/mol. The molecule has 0 aliphatic carbocycles. The number of carbonyl (C=O) groups is 1. The highest BCUT2D eigenvalue weighted by Crippen LogP contribution is 2.30. The second-order valence-electron chi connectivity index (χ2n) is 6.17. The Morgan fingerprint density at radius 3 is 2.59 bits per heavy atom. The van der Waals surface area contributed by atoms with E-state index in [0.29, 0.717) is 38.5 Å². The van der Waals surface area contributed by atoms with Crippen molar-refractivity contribution < 1.29 is 13.7 Å². The summed E-state index contributed by atoms with van der Waals surface area (Å²) in [5.74, 6) is -0.125. The summed E-state index contributed by atoms with van der Waals surface area (Å²) in [6, 6.07) is 16.3. The third kappa shape index (κ3) is 3.41. The van der Waals surface area contributed by atoms with Crippen molar-refractivity contribution in [2.24, 2.45) is 0 Å². The van der Waals surface area contributed by atoms with Gasteiger partial charge in [-0.25, -0.2) is 4.39 Å². The van der Waals surface area contributed by atoms with Crippen molar-refractivity contribution >= 4 is 34.1 Å². The highest BCUT2D eigenvalue weighted by molar-refractivity contribution is 6.31. The molecule has 0 spiro atoms. The molecule has 3 aromatic carbocycles. The molecule has 1 aromatic heterocycles. The Kier molecular flexibility index (Phi) is 4.38. The molecule has 6 heteroatoms. The lowest BCUT2D eigenvalue weighted by Gasteiger charge is -2.07. The fourth-order valence-corrected chi connectivity index (χ4v) is 2.95. The van der Waals surface area contributed by atoms with E-state index in [1.165, 1.54) is 12.1 Å². The highest BCUT2D eigenvalue weighted by Gasteiger charge is 2.14. The van der Waals surface area contributed by atoms with Crippen molar-refractivity contribution in [3.8, 4) is 11.3 Å². The Morgan fingerprint density at radius 1 is 1.07 bits per heavy atom. The maximum absolute atomic E-state index is 13.2. The Labute approximate surface area is 159 Å². The number of aromatic nitrogens is 1. The Morgan fingerprint density at radius 2 is 1.85 bits per heavy atom. The minimum Gasteiger partial charge on any atom is -0.355 e. The van der Waals surface area contributed by atoms with E-state index in [2.05, 4.69) is 10.5 Å². The van der Waals surface area contributed by atoms with Crippen LogP contribution in [0.3, 0.4) is 0 Å². The van der Waals surface area contributed by atoms with Crippen LogP contribution < -0.4 is 5.32 Å². The first-order chi connectivity index (χ1) is 13.0. The minimum absolute atomic E-state index is 0.275. The Bertz CT molecular complexity index is 1150. The van der Waals surface area contributed by atoms with E-state index in [0.717, 1.165) is 5.56 Å². The Balaban J connectivity index is 1.68. The maximum atomic E-state index is 13.2. The molecule has 27 heavy (non-hydrogen) atoms. The van der Waals surface area contributed by atoms with Gasteiger partial charge in [-0.15, -0.1) is 0 Å². The SMILES string of the molecule is Cc1ccc(NC(=O)c2ccc3noc(-c4ccc(F)cc4)c3c2)cc1Cl. The molecule has 0 saturated heterocycles. The van der Waals surface area contributed by atoms with Crippen LogP contribution in [0.15, 0.2) is 65.2 Å². The van der Waals surface area contributed by atoms with E-state index in [-0.39, 0.29) is 11.7 Å². The van der Waals surface area contributed by atoms with Crippen LogP contribution in [0.1, 0.15) is 15.9 Å². The lowest BCUT2D eigenvalue weighted by atomic mass is 10.1. The van der Waals surface area contributed by atoms with Crippen molar-refractivity contribution in [1.29, 1.82) is 0 Å². The van der Waals surface area contributed by atoms with Crippen LogP contribution >= 0.6 is 11.6 Å². The van der Waals surface area contributed by atoms with Crippen LogP contribution in [0.2, 0.25) is 5.02 Å². The van der Waals surface area contributed by atoms with Gasteiger partial charge in [0.25, 0.3) is 5.91 Å². The van der Waals surface area contributed by atoms with Crippen LogP contribution in [-0.4, -0.2) is 11.1 Å². The molecule has 1 heterocycles. The predicted molar refractivity (Wildman–Crippen MR) is 104 cm³/mol. The summed E-state index contributed by atoms with van der Waals surface area (Å²) in [5.41, 5.74) is 3.29. The number of aryl methyl sites for hydroxylation is 1. The molecule has 0 atom stereocenters. The largest absolute Gasteiger partial charge is 0.355 e. The third-order valence-corrected chi connectivity index (χ3v) is 4.68. The zero-order valence-corrected chi connectivity index (χ0v) is 15.0. The number of amides is 1. The van der Waals surface area contributed by atoms with Gasteiger partial charge in [0.2, 0.25) is 0 Å². The second kappa shape index (κ2) is 6.85. The van der Waals surface area contributed by atoms with Gasteiger partial charge in [0.15, 0.2) is 5.76 Å². The maximum Gasteiger partial charge on any atom is 0.255 e. The van der Waals surface area contributed by atoms with Crippen molar-refractivity contribution in [3.05, 3.63) is 82.6 Å². The number of carbonyl (C=O) groups excluding carboxylic acids is 1. The van der Waals surface area contributed by atoms with E-state index in [4.69, 9.17) is 16.1 Å². The van der Waals surface area contributed by atoms with Gasteiger partial charge in [-0.1, -0.05) is 22.8 Å². The summed E-state index contributed by atoms with van der Waals surface area (Å²) in [5, 5.41) is 8.09. The molecule has 134 valence electrons. The van der Waals surface area contributed by atoms with Gasteiger partial charge >= 0.3 is 0 Å². The molecular formula is C21H14ClFN2O2. The van der Waals surface area contributed by atoms with Crippen molar-refractivity contribution in [3.63, 3.8) is 0 Å². The number of halogens is 2. The molecule has 0 aliphatic rings. The van der Waals surface area contributed by atoms with Crippen LogP contribution in [-0.2, 0) is 0 Å². The topological polar surface area (TPSA) is 55.1 Å². The fraction of sp³-hybridized carbons (Fsp3) is 0.0476. The average Bonchev–Trinajstić information content (AvgIpc) is 3.08. The molecule has 0 fully saturated rings. The molecule has 1 amide bonds. The zero-order chi connectivity index (χ0) is 19.0. The summed E-state index contributed by atoms with van der Waals surface area (Å²) >= 11 is 6.11. The first kappa shape index (κ1) is 17.2. The lowest BCUT2D eigenvalue weighted by Crippen LogP contribution is -2.11. The smallest absolute Gasteiger partial charge is 0.255 e. The molecule has 1 N–H and O–H groups in total. The summed E-state index contributed by atoms with van der Waals surface area (Å²) in [4.78, 5) is 12.6. The first-order valence-electron chi connectivity index (χ1n) is 8.24. The van der Waals surface area contributed by atoms with Gasteiger partial charge in [0.05, 0.1) is 5.39 Å². The summed E-state index contributed by atoms with van der Waals surface area (Å²) < 4.78 is 18.6. The van der Waals surface area contributed by atoms with Crippen molar-refractivity contribution in [2.45, 2.75) is 6.92 Å². The van der Waals surface area contributed by atoms with Crippen LogP contribution in [0.25, 0.3) is 22.2 Å². The highest BCUT2D eigenvalue weighted by atomic mass is 35.5. The predicted octanol–water partition coefficient (Wildman–Crippen LogP) is 5.85. The quantitative estimate of drug-likeness (QED) is 0.485. The number of nitrogens with one attached hydrogen (secondary N) is 1. The van der Waals surface area contributed by atoms with Crippen molar-refractivity contribution in [2.75, 3.05) is 5.32 Å². The van der Waals surface area contributed by atoms with Crippen LogP contribution in [0.5, 0.6) is 0 Å². The number of rotatable bonds is 3. The van der Waals surface area contributed by atoms with Crippen LogP contribution in [0.4, 0.5) is 10.1 Å². The van der Waals surface area contributed by atoms with E-state index in [1.807, 2.05) is 13.0 Å². The van der Waals surface area contributed by atoms with Gasteiger partial charge in [0, 0.05) is 21.8 Å². The average molecular weight is 381 g/mol. The fourth-order valence-electron chi connectivity index (χ4n) is 2.77. The van der Waals surface area contributed by atoms with E-state index in [9.17, 15) is 9.18 Å². The summed E-state index contributed by atoms with van der Waals surface area (Å²) in [7, 11) is 0. The number of hydrogen-bond acceptors (Lipinski definition) is 3. The molecule has 0 bridgehead atoms. The van der Waals surface area contributed by atoms with Gasteiger partial charge in [-0.3, -0.25) is 4.79 Å². The number of hydrogen-bond donors (Lipinski definition) is 1. The number of nitrogens with zero attached hydrogens (tertiary/aromatic N) is 1. The number of benzene rings is 3. The first-order valence-corrected chi connectivity index (χ1v) is 8.62. The minimum atomic E-state index is -0.334. The molecule has 0 unspecified atom stereocenters. The van der Waals surface area contributed by atoms with E-state index < -0.39 is 0 Å². The van der Waals surface area contributed by atoms with E-state index >= 15 is 0 Å². The molecule has 4 aromatic rings. The van der Waals surface area contributed by atoms with Gasteiger partial charge in [-0.2, -0.15) is 0 Å². The molecule has 0 radical (unpaired) electrons. The molecular weight excluding hydrogens is 367 g/mol. The Hall–Kier alpha value is -3.18. The third-order valence-electron chi connectivity index (χ3n) is 4.27.